The van der Waals surface area contributed by atoms with Crippen LogP contribution in [0.2, 0.25) is 0 Å². The Morgan fingerprint density at radius 3 is 2.37 bits per heavy atom. The van der Waals surface area contributed by atoms with E-state index >= 15 is 0 Å². The van der Waals surface area contributed by atoms with Crippen LogP contribution in [0, 0.1) is 11.8 Å². The highest BCUT2D eigenvalue weighted by molar-refractivity contribution is 4.81. The first kappa shape index (κ1) is 16.9. The van der Waals surface area contributed by atoms with Gasteiger partial charge in [0.1, 0.15) is 0 Å². The molecule has 1 aliphatic carbocycles. The van der Waals surface area contributed by atoms with E-state index in [-0.39, 0.29) is 0 Å². The van der Waals surface area contributed by atoms with Gasteiger partial charge in [-0.2, -0.15) is 0 Å². The Labute approximate surface area is 118 Å². The van der Waals surface area contributed by atoms with Crippen LogP contribution in [0.3, 0.4) is 0 Å². The minimum absolute atomic E-state index is 0.379. The summed E-state index contributed by atoms with van der Waals surface area (Å²) < 4.78 is 15.9. The first-order valence-corrected chi connectivity index (χ1v) is 7.67. The summed E-state index contributed by atoms with van der Waals surface area (Å²) in [5.41, 5.74) is 6.20. The molecule has 1 aliphatic rings. The molecule has 0 spiro atoms. The van der Waals surface area contributed by atoms with Crippen molar-refractivity contribution in [3.63, 3.8) is 0 Å². The smallest absolute Gasteiger partial charge is 0.0701 e. The van der Waals surface area contributed by atoms with Gasteiger partial charge in [-0.1, -0.05) is 13.3 Å². The maximum atomic E-state index is 6.20. The van der Waals surface area contributed by atoms with Crippen LogP contribution in [-0.4, -0.2) is 46.2 Å². The highest BCUT2D eigenvalue weighted by Crippen LogP contribution is 2.32. The molecule has 0 aromatic heterocycles. The molecule has 0 amide bonds. The van der Waals surface area contributed by atoms with Gasteiger partial charge in [0.05, 0.1) is 26.4 Å². The van der Waals surface area contributed by atoms with E-state index in [1.54, 1.807) is 7.11 Å². The summed E-state index contributed by atoms with van der Waals surface area (Å²) in [7, 11) is 1.68. The molecular formula is C15H31NO3. The van der Waals surface area contributed by atoms with Crippen LogP contribution in [0.15, 0.2) is 0 Å². The summed E-state index contributed by atoms with van der Waals surface area (Å²) in [5.74, 6) is 1.52. The molecule has 1 rings (SSSR count). The molecule has 0 aliphatic heterocycles. The van der Waals surface area contributed by atoms with Crippen LogP contribution in [0.25, 0.3) is 0 Å². The molecule has 0 saturated heterocycles. The van der Waals surface area contributed by atoms with Crippen LogP contribution in [-0.2, 0) is 14.2 Å². The van der Waals surface area contributed by atoms with Gasteiger partial charge in [0.25, 0.3) is 0 Å². The summed E-state index contributed by atoms with van der Waals surface area (Å²) >= 11 is 0. The zero-order valence-corrected chi connectivity index (χ0v) is 12.6. The standard InChI is InChI=1S/C15H31NO3/c1-3-13-4-5-15(16)14(12-13)6-7-18-10-11-19-9-8-17-2/h13-15H,3-12,16H2,1-2H3. The summed E-state index contributed by atoms with van der Waals surface area (Å²) in [4.78, 5) is 0. The van der Waals surface area contributed by atoms with Crippen LogP contribution in [0.1, 0.15) is 39.0 Å². The first-order chi connectivity index (χ1) is 9.27. The van der Waals surface area contributed by atoms with Crippen molar-refractivity contribution in [2.24, 2.45) is 17.6 Å². The number of nitrogens with two attached hydrogens (primary N) is 1. The summed E-state index contributed by atoms with van der Waals surface area (Å²) in [6.45, 7) is 5.70. The van der Waals surface area contributed by atoms with E-state index in [1.165, 1.54) is 25.7 Å². The maximum Gasteiger partial charge on any atom is 0.0701 e. The van der Waals surface area contributed by atoms with E-state index in [0.29, 0.717) is 38.4 Å². The Kier molecular flexibility index (Phi) is 9.43. The average Bonchev–Trinajstić information content (AvgIpc) is 2.43. The van der Waals surface area contributed by atoms with Crippen molar-refractivity contribution in [1.29, 1.82) is 0 Å². The van der Waals surface area contributed by atoms with Crippen LogP contribution in [0.5, 0.6) is 0 Å². The zero-order valence-electron chi connectivity index (χ0n) is 12.6. The molecule has 3 unspecified atom stereocenters. The highest BCUT2D eigenvalue weighted by atomic mass is 16.5. The van der Waals surface area contributed by atoms with Gasteiger partial charge in [0.15, 0.2) is 0 Å². The average molecular weight is 273 g/mol. The van der Waals surface area contributed by atoms with Crippen molar-refractivity contribution in [1.82, 2.24) is 0 Å². The molecule has 0 aromatic rings. The van der Waals surface area contributed by atoms with E-state index in [9.17, 15) is 0 Å². The van der Waals surface area contributed by atoms with Crippen molar-refractivity contribution >= 4 is 0 Å². The molecule has 4 nitrogen and oxygen atoms in total. The highest BCUT2D eigenvalue weighted by Gasteiger charge is 2.26. The van der Waals surface area contributed by atoms with E-state index in [2.05, 4.69) is 6.92 Å². The lowest BCUT2D eigenvalue weighted by molar-refractivity contribution is 0.0193. The number of ether oxygens (including phenoxy) is 3. The van der Waals surface area contributed by atoms with Crippen LogP contribution < -0.4 is 5.73 Å². The van der Waals surface area contributed by atoms with Gasteiger partial charge < -0.3 is 19.9 Å². The molecule has 0 bridgehead atoms. The maximum absolute atomic E-state index is 6.20. The Morgan fingerprint density at radius 1 is 1.00 bits per heavy atom. The second kappa shape index (κ2) is 10.6. The van der Waals surface area contributed by atoms with E-state index in [0.717, 1.165) is 18.9 Å². The second-order valence-electron chi connectivity index (χ2n) is 5.52. The normalized spacial score (nSPS) is 27.6. The number of hydrogen-bond donors (Lipinski definition) is 1. The molecule has 2 N–H and O–H groups in total. The molecule has 0 heterocycles. The van der Waals surface area contributed by atoms with Crippen LogP contribution in [0.4, 0.5) is 0 Å². The van der Waals surface area contributed by atoms with E-state index < -0.39 is 0 Å². The van der Waals surface area contributed by atoms with E-state index in [1.807, 2.05) is 0 Å². The Hall–Kier alpha value is -0.160. The second-order valence-corrected chi connectivity index (χ2v) is 5.52. The van der Waals surface area contributed by atoms with Gasteiger partial charge in [0.2, 0.25) is 0 Å². The third-order valence-corrected chi connectivity index (χ3v) is 4.16. The number of hydrogen-bond acceptors (Lipinski definition) is 4. The van der Waals surface area contributed by atoms with Gasteiger partial charge in [-0.05, 0) is 37.5 Å². The zero-order chi connectivity index (χ0) is 13.9. The van der Waals surface area contributed by atoms with Gasteiger partial charge in [-0.3, -0.25) is 0 Å². The lowest BCUT2D eigenvalue weighted by atomic mass is 9.76. The largest absolute Gasteiger partial charge is 0.382 e. The molecule has 0 aromatic carbocycles. The predicted molar refractivity (Wildman–Crippen MR) is 77.2 cm³/mol. The molecule has 4 heteroatoms. The SMILES string of the molecule is CCC1CCC(N)C(CCOCCOCCOC)C1. The molecule has 3 atom stereocenters. The lowest BCUT2D eigenvalue weighted by Gasteiger charge is -2.33. The van der Waals surface area contributed by atoms with Gasteiger partial charge in [0, 0.05) is 19.8 Å². The fourth-order valence-corrected chi connectivity index (χ4v) is 2.79. The van der Waals surface area contributed by atoms with Crippen molar-refractivity contribution < 1.29 is 14.2 Å². The molecule has 1 saturated carbocycles. The molecule has 0 radical (unpaired) electrons. The lowest BCUT2D eigenvalue weighted by Crippen LogP contribution is -2.36. The molecule has 19 heavy (non-hydrogen) atoms. The van der Waals surface area contributed by atoms with E-state index in [4.69, 9.17) is 19.9 Å². The quantitative estimate of drug-likeness (QED) is 0.620. The third kappa shape index (κ3) is 7.25. The summed E-state index contributed by atoms with van der Waals surface area (Å²) in [5, 5.41) is 0. The van der Waals surface area contributed by atoms with Gasteiger partial charge >= 0.3 is 0 Å². The topological polar surface area (TPSA) is 53.7 Å². The van der Waals surface area contributed by atoms with Crippen molar-refractivity contribution in [2.75, 3.05) is 40.1 Å². The molecule has 1 fully saturated rings. The monoisotopic (exact) mass is 273 g/mol. The Morgan fingerprint density at radius 2 is 1.68 bits per heavy atom. The number of rotatable bonds is 10. The van der Waals surface area contributed by atoms with Gasteiger partial charge in [-0.15, -0.1) is 0 Å². The van der Waals surface area contributed by atoms with Crippen molar-refractivity contribution in [3.8, 4) is 0 Å². The molecular weight excluding hydrogens is 242 g/mol. The summed E-state index contributed by atoms with van der Waals surface area (Å²) in [6.07, 6.45) is 6.16. The third-order valence-electron chi connectivity index (χ3n) is 4.16. The first-order valence-electron chi connectivity index (χ1n) is 7.67. The van der Waals surface area contributed by atoms with Crippen molar-refractivity contribution in [3.05, 3.63) is 0 Å². The Bertz CT molecular complexity index is 214. The minimum atomic E-state index is 0.379. The predicted octanol–water partition coefficient (Wildman–Crippen LogP) is 2.21. The Balaban J connectivity index is 1.98. The fourth-order valence-electron chi connectivity index (χ4n) is 2.79. The minimum Gasteiger partial charge on any atom is -0.382 e. The number of methoxy groups -OCH3 is 1. The van der Waals surface area contributed by atoms with Crippen molar-refractivity contribution in [2.45, 2.75) is 45.1 Å². The van der Waals surface area contributed by atoms with Crippen LogP contribution >= 0.6 is 0 Å². The summed E-state index contributed by atoms with van der Waals surface area (Å²) in [6, 6.07) is 0.379. The molecule has 114 valence electrons. The van der Waals surface area contributed by atoms with Gasteiger partial charge in [-0.25, -0.2) is 0 Å². The fraction of sp³-hybridized carbons (Fsp3) is 1.00.